The van der Waals surface area contributed by atoms with Crippen molar-refractivity contribution in [3.8, 4) is 0 Å². The molecule has 0 bridgehead atoms. The lowest BCUT2D eigenvalue weighted by Crippen LogP contribution is -2.46. The van der Waals surface area contributed by atoms with Gasteiger partial charge in [-0.2, -0.15) is 4.98 Å². The van der Waals surface area contributed by atoms with Gasteiger partial charge in [-0.1, -0.05) is 11.6 Å². The Balaban J connectivity index is 1.48. The van der Waals surface area contributed by atoms with Gasteiger partial charge in [0.1, 0.15) is 0 Å². The first-order valence-electron chi connectivity index (χ1n) is 9.57. The maximum atomic E-state index is 12.5. The molecule has 3 heterocycles. The fraction of sp³-hybridized carbons (Fsp3) is 0.765. The molecule has 1 atom stereocenters. The third kappa shape index (κ3) is 5.64. The van der Waals surface area contributed by atoms with E-state index in [0.717, 1.165) is 26.1 Å². The number of aromatic nitrogens is 2. The van der Waals surface area contributed by atoms with Gasteiger partial charge in [-0.05, 0) is 32.4 Å². The number of hydrogen-bond acceptors (Lipinski definition) is 7. The molecule has 0 saturated carbocycles. The maximum absolute atomic E-state index is 12.5. The van der Waals surface area contributed by atoms with E-state index in [1.807, 2.05) is 0 Å². The minimum Gasteiger partial charge on any atom is -0.375 e. The molecule has 10 heteroatoms. The Morgan fingerprint density at radius 3 is 2.78 bits per heavy atom. The minimum absolute atomic E-state index is 0.0274. The fourth-order valence-corrected chi connectivity index (χ4v) is 3.41. The second-order valence-electron chi connectivity index (χ2n) is 6.90. The van der Waals surface area contributed by atoms with Crippen LogP contribution in [0.1, 0.15) is 42.2 Å². The van der Waals surface area contributed by atoms with E-state index in [4.69, 9.17) is 9.26 Å². The number of urea groups is 1. The number of nitrogens with zero attached hydrogens (tertiary/aromatic N) is 4. The highest BCUT2D eigenvalue weighted by Crippen LogP contribution is 2.13. The van der Waals surface area contributed by atoms with Crippen LogP contribution < -0.4 is 10.6 Å². The van der Waals surface area contributed by atoms with Crippen molar-refractivity contribution in [2.45, 2.75) is 38.3 Å². The molecule has 2 fully saturated rings. The molecule has 0 aliphatic carbocycles. The molecular weight excluding hydrogens is 352 g/mol. The normalized spacial score (nSPS) is 21.5. The molecule has 27 heavy (non-hydrogen) atoms. The van der Waals surface area contributed by atoms with Crippen molar-refractivity contribution in [2.75, 3.05) is 46.4 Å². The number of ether oxygens (including phenoxy) is 1. The zero-order chi connectivity index (χ0) is 19.1. The van der Waals surface area contributed by atoms with Gasteiger partial charge >= 0.3 is 6.03 Å². The summed E-state index contributed by atoms with van der Waals surface area (Å²) in [6, 6.07) is -0.191. The van der Waals surface area contributed by atoms with Gasteiger partial charge in [-0.25, -0.2) is 4.79 Å². The van der Waals surface area contributed by atoms with Crippen molar-refractivity contribution in [1.29, 1.82) is 0 Å². The Labute approximate surface area is 158 Å². The van der Waals surface area contributed by atoms with Crippen molar-refractivity contribution >= 4 is 11.9 Å². The number of likely N-dealkylation sites (tertiary alicyclic amines) is 1. The minimum atomic E-state index is -0.429. The Bertz CT molecular complexity index is 631. The van der Waals surface area contributed by atoms with Gasteiger partial charge in [0.25, 0.3) is 11.7 Å². The third-order valence-corrected chi connectivity index (χ3v) is 4.84. The van der Waals surface area contributed by atoms with Crippen LogP contribution in [-0.2, 0) is 11.3 Å². The smallest absolute Gasteiger partial charge is 0.317 e. The molecule has 0 aromatic carbocycles. The SMILES string of the molecule is CNC(=O)c1noc(CNC(=O)N2CCCO[C@@H](CN3CCCCC3)C2)n1. The number of amides is 3. The number of rotatable bonds is 5. The van der Waals surface area contributed by atoms with E-state index >= 15 is 0 Å². The lowest BCUT2D eigenvalue weighted by atomic mass is 10.1. The largest absolute Gasteiger partial charge is 0.375 e. The quantitative estimate of drug-likeness (QED) is 0.751. The van der Waals surface area contributed by atoms with Crippen LogP contribution in [0.4, 0.5) is 4.79 Å². The summed E-state index contributed by atoms with van der Waals surface area (Å²) < 4.78 is 10.9. The monoisotopic (exact) mass is 380 g/mol. The Morgan fingerprint density at radius 1 is 1.19 bits per heavy atom. The highest BCUT2D eigenvalue weighted by atomic mass is 16.5. The third-order valence-electron chi connectivity index (χ3n) is 4.84. The zero-order valence-corrected chi connectivity index (χ0v) is 15.8. The highest BCUT2D eigenvalue weighted by molar-refractivity contribution is 5.89. The Morgan fingerprint density at radius 2 is 2.00 bits per heavy atom. The van der Waals surface area contributed by atoms with E-state index < -0.39 is 5.91 Å². The summed E-state index contributed by atoms with van der Waals surface area (Å²) in [6.45, 7) is 5.04. The molecule has 0 unspecified atom stereocenters. The summed E-state index contributed by atoms with van der Waals surface area (Å²) in [5.41, 5.74) is 0. The van der Waals surface area contributed by atoms with Gasteiger partial charge in [-0.15, -0.1) is 0 Å². The molecule has 2 aliphatic rings. The number of carbonyl (C=O) groups excluding carboxylic acids is 2. The molecule has 0 radical (unpaired) electrons. The van der Waals surface area contributed by atoms with Crippen molar-refractivity contribution in [2.24, 2.45) is 0 Å². The number of hydrogen-bond donors (Lipinski definition) is 2. The standard InChI is InChI=1S/C17H28N6O4/c1-18-16(24)15-20-14(27-21-15)10-19-17(25)23-8-5-9-26-13(12-23)11-22-6-3-2-4-7-22/h13H,2-12H2,1H3,(H,18,24)(H,19,25)/t13-/m0/s1. The fourth-order valence-electron chi connectivity index (χ4n) is 3.41. The summed E-state index contributed by atoms with van der Waals surface area (Å²) in [7, 11) is 1.49. The second kappa shape index (κ2) is 9.65. The van der Waals surface area contributed by atoms with Crippen LogP contribution in [0.5, 0.6) is 0 Å². The van der Waals surface area contributed by atoms with Gasteiger partial charge in [0.15, 0.2) is 0 Å². The van der Waals surface area contributed by atoms with Crippen LogP contribution in [0, 0.1) is 0 Å². The van der Waals surface area contributed by atoms with Crippen molar-refractivity contribution in [3.63, 3.8) is 0 Å². The first-order valence-corrected chi connectivity index (χ1v) is 9.57. The number of carbonyl (C=O) groups is 2. The first kappa shape index (κ1) is 19.6. The van der Waals surface area contributed by atoms with Crippen LogP contribution in [0.25, 0.3) is 0 Å². The number of nitrogens with one attached hydrogen (secondary N) is 2. The average molecular weight is 380 g/mol. The second-order valence-corrected chi connectivity index (χ2v) is 6.90. The van der Waals surface area contributed by atoms with Crippen LogP contribution in [0.15, 0.2) is 4.52 Å². The average Bonchev–Trinajstić information content (AvgIpc) is 3.05. The van der Waals surface area contributed by atoms with Crippen LogP contribution >= 0.6 is 0 Å². The molecular formula is C17H28N6O4. The first-order chi connectivity index (χ1) is 13.2. The molecule has 1 aromatic rings. The van der Waals surface area contributed by atoms with Crippen molar-refractivity contribution in [1.82, 2.24) is 30.6 Å². The van der Waals surface area contributed by atoms with Crippen LogP contribution in [0.2, 0.25) is 0 Å². The van der Waals surface area contributed by atoms with E-state index in [2.05, 4.69) is 25.7 Å². The van der Waals surface area contributed by atoms with E-state index in [1.165, 1.54) is 26.3 Å². The van der Waals surface area contributed by atoms with E-state index in [-0.39, 0.29) is 30.4 Å². The molecule has 2 N–H and O–H groups in total. The summed E-state index contributed by atoms with van der Waals surface area (Å²) in [5.74, 6) is -0.286. The highest BCUT2D eigenvalue weighted by Gasteiger charge is 2.25. The number of piperidine rings is 1. The molecule has 0 spiro atoms. The van der Waals surface area contributed by atoms with Crippen molar-refractivity contribution in [3.05, 3.63) is 11.7 Å². The van der Waals surface area contributed by atoms with Gasteiger partial charge in [0, 0.05) is 33.3 Å². The summed E-state index contributed by atoms with van der Waals surface area (Å²) in [6.07, 6.45) is 4.61. The Hall–Kier alpha value is -2.20. The van der Waals surface area contributed by atoms with Crippen molar-refractivity contribution < 1.29 is 18.8 Å². The van der Waals surface area contributed by atoms with Gasteiger partial charge < -0.3 is 29.7 Å². The van der Waals surface area contributed by atoms with E-state index in [9.17, 15) is 9.59 Å². The molecule has 10 nitrogen and oxygen atoms in total. The summed E-state index contributed by atoms with van der Waals surface area (Å²) in [5, 5.41) is 8.78. The molecule has 150 valence electrons. The lowest BCUT2D eigenvalue weighted by molar-refractivity contribution is 0.0256. The zero-order valence-electron chi connectivity index (χ0n) is 15.8. The molecule has 1 aromatic heterocycles. The topological polar surface area (TPSA) is 113 Å². The lowest BCUT2D eigenvalue weighted by Gasteiger charge is -2.31. The summed E-state index contributed by atoms with van der Waals surface area (Å²) in [4.78, 5) is 32.1. The molecule has 3 rings (SSSR count). The predicted molar refractivity (Wildman–Crippen MR) is 96.1 cm³/mol. The van der Waals surface area contributed by atoms with Gasteiger partial charge in [0.2, 0.25) is 5.89 Å². The maximum Gasteiger partial charge on any atom is 0.317 e. The molecule has 2 saturated heterocycles. The van der Waals surface area contributed by atoms with Crippen LogP contribution in [0.3, 0.4) is 0 Å². The van der Waals surface area contributed by atoms with E-state index in [1.54, 1.807) is 4.90 Å². The van der Waals surface area contributed by atoms with Gasteiger partial charge in [-0.3, -0.25) is 4.79 Å². The van der Waals surface area contributed by atoms with Gasteiger partial charge in [0.05, 0.1) is 12.6 Å². The summed E-state index contributed by atoms with van der Waals surface area (Å²) >= 11 is 0. The molecule has 3 amide bonds. The predicted octanol–water partition coefficient (Wildman–Crippen LogP) is 0.216. The molecule has 2 aliphatic heterocycles. The van der Waals surface area contributed by atoms with E-state index in [0.29, 0.717) is 19.7 Å². The Kier molecular flexibility index (Phi) is 6.99. The van der Waals surface area contributed by atoms with Crippen LogP contribution in [-0.4, -0.2) is 84.4 Å².